The average molecular weight is 426 g/mol. The van der Waals surface area contributed by atoms with Crippen molar-refractivity contribution in [1.29, 1.82) is 0 Å². The van der Waals surface area contributed by atoms with E-state index in [-0.39, 0.29) is 5.91 Å². The van der Waals surface area contributed by atoms with E-state index in [1.54, 1.807) is 10.7 Å². The van der Waals surface area contributed by atoms with Crippen molar-refractivity contribution in [2.45, 2.75) is 20.5 Å². The second kappa shape index (κ2) is 7.81. The molecule has 0 spiro atoms. The van der Waals surface area contributed by atoms with Gasteiger partial charge >= 0.3 is 0 Å². The summed E-state index contributed by atoms with van der Waals surface area (Å²) in [5.74, 6) is 0.500. The predicted molar refractivity (Wildman–Crippen MR) is 122 cm³/mol. The fraction of sp³-hybridized carbons (Fsp3) is 0.167. The van der Waals surface area contributed by atoms with Crippen molar-refractivity contribution in [3.8, 4) is 5.75 Å². The zero-order valence-electron chi connectivity index (χ0n) is 18.0. The van der Waals surface area contributed by atoms with Gasteiger partial charge in [0, 0.05) is 30.8 Å². The van der Waals surface area contributed by atoms with E-state index in [1.165, 1.54) is 0 Å². The van der Waals surface area contributed by atoms with Crippen LogP contribution in [-0.4, -0.2) is 30.1 Å². The number of carbonyl (C=O) groups is 1. The molecule has 4 aromatic heterocycles. The number of hydrogen-bond acceptors (Lipinski definition) is 5. The summed E-state index contributed by atoms with van der Waals surface area (Å²) in [6, 6.07) is 14.9. The minimum Gasteiger partial charge on any atom is -0.487 e. The van der Waals surface area contributed by atoms with Gasteiger partial charge in [0.25, 0.3) is 5.91 Å². The van der Waals surface area contributed by atoms with Gasteiger partial charge in [-0.15, -0.1) is 0 Å². The Balaban J connectivity index is 1.29. The Bertz CT molecular complexity index is 1420. The third-order valence-corrected chi connectivity index (χ3v) is 5.25. The number of hydrogen-bond donors (Lipinski definition) is 1. The molecule has 8 nitrogen and oxygen atoms in total. The van der Waals surface area contributed by atoms with Crippen LogP contribution in [0.1, 0.15) is 27.4 Å². The Morgan fingerprint density at radius 3 is 2.69 bits per heavy atom. The van der Waals surface area contributed by atoms with Gasteiger partial charge in [-0.3, -0.25) is 9.48 Å². The molecule has 0 bridgehead atoms. The summed E-state index contributed by atoms with van der Waals surface area (Å²) in [4.78, 5) is 22.0. The largest absolute Gasteiger partial charge is 0.487 e. The van der Waals surface area contributed by atoms with Gasteiger partial charge < -0.3 is 14.5 Å². The number of nitrogens with one attached hydrogen (secondary N) is 1. The summed E-state index contributed by atoms with van der Waals surface area (Å²) in [7, 11) is 1.83. The van der Waals surface area contributed by atoms with Crippen LogP contribution in [0.5, 0.6) is 5.75 Å². The van der Waals surface area contributed by atoms with E-state index < -0.39 is 0 Å². The van der Waals surface area contributed by atoms with Gasteiger partial charge in [-0.1, -0.05) is 6.07 Å². The number of pyridine rings is 2. The lowest BCUT2D eigenvalue weighted by Gasteiger charge is -2.09. The first-order valence-electron chi connectivity index (χ1n) is 10.3. The molecule has 0 aliphatic heterocycles. The van der Waals surface area contributed by atoms with Crippen LogP contribution >= 0.6 is 0 Å². The molecule has 8 heteroatoms. The number of rotatable bonds is 5. The van der Waals surface area contributed by atoms with E-state index in [9.17, 15) is 4.79 Å². The number of anilines is 1. The molecule has 32 heavy (non-hydrogen) atoms. The monoisotopic (exact) mass is 426 g/mol. The Morgan fingerprint density at radius 2 is 1.91 bits per heavy atom. The fourth-order valence-electron chi connectivity index (χ4n) is 3.80. The zero-order valence-corrected chi connectivity index (χ0v) is 18.0. The second-order valence-electron chi connectivity index (χ2n) is 7.68. The molecule has 4 heterocycles. The molecule has 1 N–H and O–H groups in total. The third-order valence-electron chi connectivity index (χ3n) is 5.25. The van der Waals surface area contributed by atoms with Gasteiger partial charge in [0.2, 0.25) is 0 Å². The van der Waals surface area contributed by atoms with Crippen molar-refractivity contribution in [2.24, 2.45) is 7.05 Å². The normalized spacial score (nSPS) is 11.2. The van der Waals surface area contributed by atoms with Crippen molar-refractivity contribution >= 4 is 28.3 Å². The van der Waals surface area contributed by atoms with Gasteiger partial charge in [-0.25, -0.2) is 9.97 Å². The summed E-state index contributed by atoms with van der Waals surface area (Å²) < 4.78 is 9.51. The van der Waals surface area contributed by atoms with Gasteiger partial charge in [0.1, 0.15) is 18.0 Å². The molecule has 0 aliphatic rings. The van der Waals surface area contributed by atoms with E-state index in [0.717, 1.165) is 28.1 Å². The van der Waals surface area contributed by atoms with E-state index in [1.807, 2.05) is 80.2 Å². The van der Waals surface area contributed by atoms with Gasteiger partial charge in [-0.2, -0.15) is 5.10 Å². The highest BCUT2D eigenvalue weighted by Gasteiger charge is 2.18. The van der Waals surface area contributed by atoms with Crippen molar-refractivity contribution in [3.63, 3.8) is 0 Å². The Hall–Kier alpha value is -4.20. The lowest BCUT2D eigenvalue weighted by molar-refractivity contribution is 0.102. The minimum absolute atomic E-state index is 0.199. The molecule has 1 aromatic carbocycles. The van der Waals surface area contributed by atoms with E-state index >= 15 is 0 Å². The van der Waals surface area contributed by atoms with Gasteiger partial charge in [0.05, 0.1) is 22.3 Å². The number of nitrogens with zero attached hydrogens (tertiary/aromatic N) is 5. The minimum atomic E-state index is -0.199. The highest BCUT2D eigenvalue weighted by molar-refractivity contribution is 6.12. The quantitative estimate of drug-likeness (QED) is 0.458. The maximum Gasteiger partial charge on any atom is 0.256 e. The van der Waals surface area contributed by atoms with Crippen LogP contribution in [-0.2, 0) is 13.7 Å². The Kier molecular flexibility index (Phi) is 4.82. The number of aromatic nitrogens is 5. The van der Waals surface area contributed by atoms with Crippen LogP contribution in [0.3, 0.4) is 0 Å². The lowest BCUT2D eigenvalue weighted by Crippen LogP contribution is -2.13. The molecule has 0 fully saturated rings. The van der Waals surface area contributed by atoms with Gasteiger partial charge in [0.15, 0.2) is 5.65 Å². The summed E-state index contributed by atoms with van der Waals surface area (Å²) >= 11 is 0. The zero-order chi connectivity index (χ0) is 22.2. The fourth-order valence-corrected chi connectivity index (χ4v) is 3.80. The highest BCUT2D eigenvalue weighted by Crippen LogP contribution is 2.23. The number of ether oxygens (including phenoxy) is 1. The summed E-state index contributed by atoms with van der Waals surface area (Å²) in [6.45, 7) is 4.11. The number of fused-ring (bicyclic) bond motifs is 2. The van der Waals surface area contributed by atoms with E-state index in [4.69, 9.17) is 4.74 Å². The molecule has 0 saturated heterocycles. The number of imidazole rings is 1. The second-order valence-corrected chi connectivity index (χ2v) is 7.68. The van der Waals surface area contributed by atoms with Crippen molar-refractivity contribution in [1.82, 2.24) is 24.1 Å². The lowest BCUT2D eigenvalue weighted by atomic mass is 10.1. The van der Waals surface area contributed by atoms with Crippen LogP contribution in [0.25, 0.3) is 16.7 Å². The van der Waals surface area contributed by atoms with Crippen LogP contribution in [0, 0.1) is 13.8 Å². The molecule has 0 radical (unpaired) electrons. The first-order valence-corrected chi connectivity index (χ1v) is 10.3. The van der Waals surface area contributed by atoms with Crippen molar-refractivity contribution in [3.05, 3.63) is 83.6 Å². The van der Waals surface area contributed by atoms with Crippen LogP contribution in [0.15, 0.2) is 60.9 Å². The molecule has 0 saturated carbocycles. The molecule has 0 aliphatic carbocycles. The topological polar surface area (TPSA) is 86.3 Å². The maximum absolute atomic E-state index is 13.0. The standard InChI is InChI=1S/C24H22N6O2/c1-15-12-20(22-16(2)28-29(3)23(22)25-15)24(31)27-17-7-9-19(10-8-17)32-14-18-13-30-11-5-4-6-21(30)26-18/h4-13H,14H2,1-3H3,(H,27,31). The average Bonchev–Trinajstić information content (AvgIpc) is 3.32. The number of benzene rings is 1. The van der Waals surface area contributed by atoms with Gasteiger partial charge in [-0.05, 0) is 56.3 Å². The molecule has 0 unspecified atom stereocenters. The number of carbonyl (C=O) groups excluding carboxylic acids is 1. The summed E-state index contributed by atoms with van der Waals surface area (Å²) in [5.41, 5.74) is 5.20. The maximum atomic E-state index is 13.0. The first-order chi connectivity index (χ1) is 15.5. The van der Waals surface area contributed by atoms with Crippen LogP contribution in [0.2, 0.25) is 0 Å². The third kappa shape index (κ3) is 3.66. The Labute approximate surface area is 184 Å². The molecule has 5 rings (SSSR count). The predicted octanol–water partition coefficient (Wildman–Crippen LogP) is 4.06. The van der Waals surface area contributed by atoms with Crippen LogP contribution < -0.4 is 10.1 Å². The highest BCUT2D eigenvalue weighted by atomic mass is 16.5. The van der Waals surface area contributed by atoms with E-state index in [0.29, 0.717) is 29.3 Å². The molecule has 5 aromatic rings. The first kappa shape index (κ1) is 19.7. The number of amides is 1. The van der Waals surface area contributed by atoms with Crippen molar-refractivity contribution in [2.75, 3.05) is 5.32 Å². The number of aryl methyl sites for hydroxylation is 3. The molecule has 1 amide bonds. The smallest absolute Gasteiger partial charge is 0.256 e. The molecule has 0 atom stereocenters. The van der Waals surface area contributed by atoms with E-state index in [2.05, 4.69) is 20.4 Å². The molecular formula is C24H22N6O2. The SMILES string of the molecule is Cc1cc(C(=O)Nc2ccc(OCc3cn4ccccc4n3)cc2)c2c(C)nn(C)c2n1. The van der Waals surface area contributed by atoms with Crippen molar-refractivity contribution < 1.29 is 9.53 Å². The van der Waals surface area contributed by atoms with Crippen LogP contribution in [0.4, 0.5) is 5.69 Å². The summed E-state index contributed by atoms with van der Waals surface area (Å²) in [6.07, 6.45) is 3.90. The summed E-state index contributed by atoms with van der Waals surface area (Å²) in [5, 5.41) is 8.13. The Morgan fingerprint density at radius 1 is 1.09 bits per heavy atom. The molecular weight excluding hydrogens is 404 g/mol. The molecule has 160 valence electrons.